The Hall–Kier alpha value is -2.33. The molecule has 0 saturated carbocycles. The number of β-amino-alcohol motifs (C(OH)–C–C–N with tert-alkyl or cyclic N) is 1. The van der Waals surface area contributed by atoms with Gasteiger partial charge >= 0.3 is 0 Å². The van der Waals surface area contributed by atoms with E-state index in [0.29, 0.717) is 25.4 Å². The highest BCUT2D eigenvalue weighted by Gasteiger charge is 2.36. The second-order valence-corrected chi connectivity index (χ2v) is 9.87. The number of aromatic nitrogens is 3. The molecule has 1 aromatic carbocycles. The predicted molar refractivity (Wildman–Crippen MR) is 111 cm³/mol. The second kappa shape index (κ2) is 7.83. The molecule has 154 valence electrons. The number of sulfonamides is 1. The molecule has 0 spiro atoms. The highest BCUT2D eigenvalue weighted by Crippen LogP contribution is 2.27. The van der Waals surface area contributed by atoms with Crippen LogP contribution in [0.2, 0.25) is 0 Å². The lowest BCUT2D eigenvalue weighted by Crippen LogP contribution is -2.33. The summed E-state index contributed by atoms with van der Waals surface area (Å²) in [5.74, 6) is 0.241. The van der Waals surface area contributed by atoms with Crippen LogP contribution in [-0.2, 0) is 16.6 Å². The third-order valence-corrected chi connectivity index (χ3v) is 7.35. The fraction of sp³-hybridized carbons (Fsp3) is 0.400. The van der Waals surface area contributed by atoms with Crippen LogP contribution in [0.5, 0.6) is 0 Å². The molecule has 0 unspecified atom stereocenters. The third-order valence-electron chi connectivity index (χ3n) is 5.39. The van der Waals surface area contributed by atoms with Crippen molar-refractivity contribution in [2.24, 2.45) is 5.92 Å². The number of likely N-dealkylation sites (tertiary alicyclic amines) is 1. The van der Waals surface area contributed by atoms with Gasteiger partial charge in [-0.2, -0.15) is 0 Å². The van der Waals surface area contributed by atoms with Crippen LogP contribution in [-0.4, -0.2) is 76.1 Å². The van der Waals surface area contributed by atoms with Crippen LogP contribution in [0.3, 0.4) is 0 Å². The third kappa shape index (κ3) is 4.04. The summed E-state index contributed by atoms with van der Waals surface area (Å²) in [5, 5.41) is 10.5. The average molecular weight is 416 g/mol. The van der Waals surface area contributed by atoms with Gasteiger partial charge in [0.25, 0.3) is 0 Å². The molecule has 2 atom stereocenters. The van der Waals surface area contributed by atoms with Gasteiger partial charge in [0, 0.05) is 57.6 Å². The number of hydrogen-bond donors (Lipinski definition) is 1. The number of nitrogens with zero attached hydrogens (tertiary/aromatic N) is 5. The minimum atomic E-state index is -3.37. The zero-order valence-electron chi connectivity index (χ0n) is 16.5. The lowest BCUT2D eigenvalue weighted by Gasteiger charge is -2.18. The van der Waals surface area contributed by atoms with Gasteiger partial charge < -0.3 is 5.11 Å². The molecule has 0 amide bonds. The lowest BCUT2D eigenvalue weighted by atomic mass is 10.1. The molecule has 1 saturated heterocycles. The fourth-order valence-electron chi connectivity index (χ4n) is 3.78. The maximum absolute atomic E-state index is 12.2. The number of aliphatic hydroxyl groups excluding tert-OH is 1. The number of fused-ring (bicyclic) bond motifs is 1. The smallest absolute Gasteiger partial charge is 0.234 e. The molecule has 9 heteroatoms. The zero-order chi connectivity index (χ0) is 20.6. The van der Waals surface area contributed by atoms with Crippen LogP contribution in [0.4, 0.5) is 0 Å². The summed E-state index contributed by atoms with van der Waals surface area (Å²) in [6.07, 6.45) is 2.96. The molecule has 0 aliphatic carbocycles. The van der Waals surface area contributed by atoms with E-state index in [9.17, 15) is 13.5 Å². The minimum absolute atomic E-state index is 0.0576. The molecule has 1 aliphatic rings. The van der Waals surface area contributed by atoms with Crippen molar-refractivity contribution in [1.29, 1.82) is 0 Å². The maximum atomic E-state index is 12.2. The van der Waals surface area contributed by atoms with Gasteiger partial charge in [0.05, 0.1) is 23.2 Å². The van der Waals surface area contributed by atoms with E-state index in [1.54, 1.807) is 6.20 Å². The van der Waals surface area contributed by atoms with Crippen molar-refractivity contribution in [3.8, 4) is 11.3 Å². The molecule has 3 aromatic rings. The monoisotopic (exact) mass is 415 g/mol. The van der Waals surface area contributed by atoms with Crippen LogP contribution < -0.4 is 0 Å². The predicted octanol–water partition coefficient (Wildman–Crippen LogP) is 1.08. The van der Waals surface area contributed by atoms with Crippen LogP contribution >= 0.6 is 0 Å². The van der Waals surface area contributed by atoms with Crippen molar-refractivity contribution in [1.82, 2.24) is 23.6 Å². The van der Waals surface area contributed by atoms with E-state index < -0.39 is 16.1 Å². The number of aliphatic hydroxyl groups is 1. The van der Waals surface area contributed by atoms with E-state index in [1.165, 1.54) is 18.4 Å². The lowest BCUT2D eigenvalue weighted by molar-refractivity contribution is 0.148. The van der Waals surface area contributed by atoms with E-state index in [1.807, 2.05) is 47.0 Å². The number of benzene rings is 1. The van der Waals surface area contributed by atoms with Crippen LogP contribution in [0.1, 0.15) is 5.69 Å². The van der Waals surface area contributed by atoms with Crippen molar-refractivity contribution in [2.75, 3.05) is 32.9 Å². The Morgan fingerprint density at radius 1 is 1.17 bits per heavy atom. The standard InChI is InChI=1S/C20H25N5O3S/c1-23(2)29(27,28)14-16-11-24(13-18(16)26)12-17-19(15-7-4-3-5-8-15)22-20-21-9-6-10-25(17)20/h3-10,16,18,26H,11-14H2,1-2H3/t16-,18+/m0/s1. The number of hydrogen-bond acceptors (Lipinski definition) is 6. The van der Waals surface area contributed by atoms with Gasteiger partial charge in [0.15, 0.2) is 0 Å². The van der Waals surface area contributed by atoms with Gasteiger partial charge in [0.1, 0.15) is 0 Å². The summed E-state index contributed by atoms with van der Waals surface area (Å²) >= 11 is 0. The normalized spacial score (nSPS) is 20.7. The van der Waals surface area contributed by atoms with Crippen molar-refractivity contribution in [3.63, 3.8) is 0 Å². The average Bonchev–Trinajstić information content (AvgIpc) is 3.23. The van der Waals surface area contributed by atoms with Gasteiger partial charge in [-0.3, -0.25) is 9.30 Å². The molecular formula is C20H25N5O3S. The first kappa shape index (κ1) is 20.0. The Labute approximate surface area is 170 Å². The Morgan fingerprint density at radius 2 is 1.93 bits per heavy atom. The van der Waals surface area contributed by atoms with Crippen molar-refractivity contribution >= 4 is 15.8 Å². The number of imidazole rings is 1. The topological polar surface area (TPSA) is 91.0 Å². The molecule has 1 aliphatic heterocycles. The first-order valence-corrected chi connectivity index (χ1v) is 11.1. The molecule has 1 fully saturated rings. The second-order valence-electron chi connectivity index (χ2n) is 7.65. The highest BCUT2D eigenvalue weighted by molar-refractivity contribution is 7.89. The zero-order valence-corrected chi connectivity index (χ0v) is 17.3. The van der Waals surface area contributed by atoms with Crippen molar-refractivity contribution < 1.29 is 13.5 Å². The summed E-state index contributed by atoms with van der Waals surface area (Å²) in [6, 6.07) is 11.8. The molecule has 29 heavy (non-hydrogen) atoms. The van der Waals surface area contributed by atoms with E-state index in [0.717, 1.165) is 17.0 Å². The van der Waals surface area contributed by atoms with E-state index in [-0.39, 0.29) is 11.7 Å². The molecule has 3 heterocycles. The van der Waals surface area contributed by atoms with Crippen LogP contribution in [0.15, 0.2) is 48.8 Å². The van der Waals surface area contributed by atoms with Gasteiger partial charge in [-0.15, -0.1) is 0 Å². The van der Waals surface area contributed by atoms with Gasteiger partial charge in [-0.05, 0) is 6.07 Å². The quantitative estimate of drug-likeness (QED) is 0.648. The Balaban J connectivity index is 1.62. The Kier molecular flexibility index (Phi) is 5.39. The van der Waals surface area contributed by atoms with Gasteiger partial charge in [0.2, 0.25) is 15.8 Å². The fourth-order valence-corrected chi connectivity index (χ4v) is 4.95. The molecule has 8 nitrogen and oxygen atoms in total. The van der Waals surface area contributed by atoms with E-state index >= 15 is 0 Å². The summed E-state index contributed by atoms with van der Waals surface area (Å²) in [7, 11) is -0.327. The molecular weight excluding hydrogens is 390 g/mol. The van der Waals surface area contributed by atoms with Gasteiger partial charge in [-0.1, -0.05) is 30.3 Å². The molecule has 0 radical (unpaired) electrons. The van der Waals surface area contributed by atoms with Crippen molar-refractivity contribution in [2.45, 2.75) is 12.6 Å². The summed E-state index contributed by atoms with van der Waals surface area (Å²) < 4.78 is 27.7. The summed E-state index contributed by atoms with van der Waals surface area (Å²) in [5.41, 5.74) is 2.82. The largest absolute Gasteiger partial charge is 0.391 e. The molecule has 1 N–H and O–H groups in total. The van der Waals surface area contributed by atoms with E-state index in [2.05, 4.69) is 9.88 Å². The van der Waals surface area contributed by atoms with Gasteiger partial charge in [-0.25, -0.2) is 22.7 Å². The highest BCUT2D eigenvalue weighted by atomic mass is 32.2. The summed E-state index contributed by atoms with van der Waals surface area (Å²) in [6.45, 7) is 1.48. The van der Waals surface area contributed by atoms with Crippen LogP contribution in [0, 0.1) is 5.92 Å². The molecule has 0 bridgehead atoms. The van der Waals surface area contributed by atoms with E-state index in [4.69, 9.17) is 4.98 Å². The molecule has 2 aromatic heterocycles. The Bertz CT molecular complexity index is 1100. The van der Waals surface area contributed by atoms with Crippen molar-refractivity contribution in [3.05, 3.63) is 54.5 Å². The number of rotatable bonds is 6. The van der Waals surface area contributed by atoms with Crippen LogP contribution in [0.25, 0.3) is 17.0 Å². The Morgan fingerprint density at radius 3 is 2.66 bits per heavy atom. The first-order valence-electron chi connectivity index (χ1n) is 9.53. The SMILES string of the molecule is CN(C)S(=O)(=O)C[C@@H]1CN(Cc2c(-c3ccccc3)nc3ncccn23)C[C@H]1O. The summed E-state index contributed by atoms with van der Waals surface area (Å²) in [4.78, 5) is 11.2. The molecule has 4 rings (SSSR count). The maximum Gasteiger partial charge on any atom is 0.234 e. The minimum Gasteiger partial charge on any atom is -0.391 e. The first-order chi connectivity index (χ1) is 13.8.